The number of likely N-dealkylation sites (tertiary alicyclic amines) is 1. The maximum absolute atomic E-state index is 14.3. The smallest absolute Gasteiger partial charge is 0.233 e. The van der Waals surface area contributed by atoms with Crippen molar-refractivity contribution in [1.29, 1.82) is 0 Å². The molecular weight excluding hydrogens is 426 g/mol. The molecule has 0 bridgehead atoms. The number of hydrogen-bond donors (Lipinski definition) is 0. The van der Waals surface area contributed by atoms with Crippen molar-refractivity contribution in [2.75, 3.05) is 26.9 Å². The molecule has 1 aromatic heterocycles. The molecule has 6 heteroatoms. The number of carbonyl (C=O) groups is 1. The minimum atomic E-state index is -0.543. The van der Waals surface area contributed by atoms with Gasteiger partial charge in [-0.1, -0.05) is 29.8 Å². The highest BCUT2D eigenvalue weighted by molar-refractivity contribution is 5.89. The molecule has 5 rings (SSSR count). The summed E-state index contributed by atoms with van der Waals surface area (Å²) in [5, 5.41) is 0. The highest BCUT2D eigenvalue weighted by Gasteiger charge is 2.47. The summed E-state index contributed by atoms with van der Waals surface area (Å²) >= 11 is 0. The Labute approximate surface area is 201 Å². The molecule has 2 fully saturated rings. The molecule has 0 N–H and O–H groups in total. The standard InChI is InChI=1S/C28H31N3O3/c1-20-5-3-6-22(19-20)28(13-17-34-18-14-28)27(32)31-16-4-7-25(31)24-12-15-29-26(30-24)21-8-10-23(33-2)11-9-21/h3,5-6,8-12,15,19,25H,4,7,13-14,16-18H2,1-2H3. The number of benzene rings is 2. The van der Waals surface area contributed by atoms with Gasteiger partial charge in [0.2, 0.25) is 5.91 Å². The Hall–Kier alpha value is -3.25. The molecule has 34 heavy (non-hydrogen) atoms. The first-order valence-corrected chi connectivity index (χ1v) is 12.0. The van der Waals surface area contributed by atoms with Crippen LogP contribution in [0, 0.1) is 6.92 Å². The third kappa shape index (κ3) is 4.18. The van der Waals surface area contributed by atoms with Crippen LogP contribution >= 0.6 is 0 Å². The zero-order valence-corrected chi connectivity index (χ0v) is 19.9. The number of methoxy groups -OCH3 is 1. The van der Waals surface area contributed by atoms with Gasteiger partial charge in [-0.2, -0.15) is 0 Å². The molecule has 3 heterocycles. The van der Waals surface area contributed by atoms with Gasteiger partial charge in [0.1, 0.15) is 5.75 Å². The maximum atomic E-state index is 14.3. The van der Waals surface area contributed by atoms with E-state index in [1.54, 1.807) is 13.3 Å². The number of nitrogens with zero attached hydrogens (tertiary/aromatic N) is 3. The lowest BCUT2D eigenvalue weighted by molar-refractivity contribution is -0.142. The third-order valence-corrected chi connectivity index (χ3v) is 7.21. The van der Waals surface area contributed by atoms with Crippen LogP contribution in [-0.4, -0.2) is 47.6 Å². The Bertz CT molecular complexity index is 1160. The predicted molar refractivity (Wildman–Crippen MR) is 131 cm³/mol. The van der Waals surface area contributed by atoms with Crippen LogP contribution in [0.25, 0.3) is 11.4 Å². The average molecular weight is 458 g/mol. The largest absolute Gasteiger partial charge is 0.497 e. The summed E-state index contributed by atoms with van der Waals surface area (Å²) in [6, 6.07) is 18.1. The van der Waals surface area contributed by atoms with Gasteiger partial charge >= 0.3 is 0 Å². The van der Waals surface area contributed by atoms with Crippen molar-refractivity contribution >= 4 is 5.91 Å². The maximum Gasteiger partial charge on any atom is 0.233 e. The first-order chi connectivity index (χ1) is 16.6. The number of amides is 1. The molecule has 0 aliphatic carbocycles. The first-order valence-electron chi connectivity index (χ1n) is 12.0. The Kier molecular flexibility index (Phi) is 6.33. The fourth-order valence-electron chi connectivity index (χ4n) is 5.32. The molecule has 0 spiro atoms. The van der Waals surface area contributed by atoms with E-state index in [0.29, 0.717) is 31.9 Å². The van der Waals surface area contributed by atoms with E-state index in [1.165, 1.54) is 5.56 Å². The van der Waals surface area contributed by atoms with E-state index in [9.17, 15) is 4.79 Å². The topological polar surface area (TPSA) is 64.5 Å². The molecule has 1 atom stereocenters. The summed E-state index contributed by atoms with van der Waals surface area (Å²) in [5.74, 6) is 1.66. The van der Waals surface area contributed by atoms with E-state index in [-0.39, 0.29) is 11.9 Å². The van der Waals surface area contributed by atoms with Gasteiger partial charge in [0, 0.05) is 31.5 Å². The lowest BCUT2D eigenvalue weighted by Gasteiger charge is -2.41. The van der Waals surface area contributed by atoms with Gasteiger partial charge in [0.05, 0.1) is 24.3 Å². The minimum absolute atomic E-state index is 0.0444. The molecule has 3 aromatic rings. The molecule has 1 amide bonds. The summed E-state index contributed by atoms with van der Waals surface area (Å²) in [6.07, 6.45) is 5.09. The van der Waals surface area contributed by atoms with E-state index in [4.69, 9.17) is 14.5 Å². The normalized spacial score (nSPS) is 19.7. The van der Waals surface area contributed by atoms with E-state index < -0.39 is 5.41 Å². The summed E-state index contributed by atoms with van der Waals surface area (Å²) < 4.78 is 10.9. The van der Waals surface area contributed by atoms with Crippen LogP contribution in [0.5, 0.6) is 5.75 Å². The molecule has 176 valence electrons. The molecular formula is C28H31N3O3. The van der Waals surface area contributed by atoms with Gasteiger partial charge in [-0.3, -0.25) is 4.79 Å². The number of ether oxygens (including phenoxy) is 2. The summed E-state index contributed by atoms with van der Waals surface area (Å²) in [4.78, 5) is 25.7. The van der Waals surface area contributed by atoms with Crippen molar-refractivity contribution in [3.63, 3.8) is 0 Å². The monoisotopic (exact) mass is 457 g/mol. The van der Waals surface area contributed by atoms with E-state index >= 15 is 0 Å². The number of hydrogen-bond acceptors (Lipinski definition) is 5. The fraction of sp³-hybridized carbons (Fsp3) is 0.393. The van der Waals surface area contributed by atoms with Crippen LogP contribution in [-0.2, 0) is 14.9 Å². The van der Waals surface area contributed by atoms with Crippen LogP contribution < -0.4 is 4.74 Å². The predicted octanol–water partition coefficient (Wildman–Crippen LogP) is 4.87. The van der Waals surface area contributed by atoms with Crippen LogP contribution in [0.1, 0.15) is 48.5 Å². The second kappa shape index (κ2) is 9.55. The van der Waals surface area contributed by atoms with Gasteiger partial charge in [-0.25, -0.2) is 9.97 Å². The van der Waals surface area contributed by atoms with E-state index in [2.05, 4.69) is 41.1 Å². The van der Waals surface area contributed by atoms with Crippen molar-refractivity contribution in [3.8, 4) is 17.1 Å². The Morgan fingerprint density at radius 2 is 1.91 bits per heavy atom. The second-order valence-corrected chi connectivity index (χ2v) is 9.25. The molecule has 2 aliphatic heterocycles. The van der Waals surface area contributed by atoms with Crippen LogP contribution in [0.2, 0.25) is 0 Å². The quantitative estimate of drug-likeness (QED) is 0.547. The van der Waals surface area contributed by atoms with Crippen molar-refractivity contribution in [1.82, 2.24) is 14.9 Å². The molecule has 0 saturated carbocycles. The van der Waals surface area contributed by atoms with Crippen molar-refractivity contribution in [2.24, 2.45) is 0 Å². The van der Waals surface area contributed by atoms with Gasteiger partial charge < -0.3 is 14.4 Å². The molecule has 2 saturated heterocycles. The zero-order valence-electron chi connectivity index (χ0n) is 19.9. The summed E-state index contributed by atoms with van der Waals surface area (Å²) in [6.45, 7) is 4.04. The molecule has 0 radical (unpaired) electrons. The summed E-state index contributed by atoms with van der Waals surface area (Å²) in [7, 11) is 1.65. The van der Waals surface area contributed by atoms with Crippen molar-refractivity contribution < 1.29 is 14.3 Å². The van der Waals surface area contributed by atoms with Gasteiger partial charge in [-0.15, -0.1) is 0 Å². The Balaban J connectivity index is 1.47. The number of carbonyl (C=O) groups excluding carboxylic acids is 1. The van der Waals surface area contributed by atoms with E-state index in [0.717, 1.165) is 42.0 Å². The molecule has 1 unspecified atom stereocenters. The first kappa shape index (κ1) is 22.5. The second-order valence-electron chi connectivity index (χ2n) is 9.25. The van der Waals surface area contributed by atoms with Crippen LogP contribution in [0.4, 0.5) is 0 Å². The SMILES string of the molecule is COc1ccc(-c2nccc(C3CCCN3C(=O)C3(c4cccc(C)c4)CCOCC3)n2)cc1. The Morgan fingerprint density at radius 1 is 1.12 bits per heavy atom. The van der Waals surface area contributed by atoms with Gasteiger partial charge in [0.15, 0.2) is 5.82 Å². The minimum Gasteiger partial charge on any atom is -0.497 e. The van der Waals surface area contributed by atoms with Crippen LogP contribution in [0.3, 0.4) is 0 Å². The fourth-order valence-corrected chi connectivity index (χ4v) is 5.32. The van der Waals surface area contributed by atoms with Crippen molar-refractivity contribution in [2.45, 2.75) is 44.1 Å². The highest BCUT2D eigenvalue weighted by Crippen LogP contribution is 2.42. The van der Waals surface area contributed by atoms with Gasteiger partial charge in [-0.05, 0) is 68.5 Å². The number of rotatable bonds is 5. The van der Waals surface area contributed by atoms with Crippen molar-refractivity contribution in [3.05, 3.63) is 77.6 Å². The summed E-state index contributed by atoms with van der Waals surface area (Å²) in [5.41, 5.74) is 3.57. The van der Waals surface area contributed by atoms with Crippen LogP contribution in [0.15, 0.2) is 60.8 Å². The number of aryl methyl sites for hydroxylation is 1. The molecule has 2 aromatic carbocycles. The van der Waals surface area contributed by atoms with Gasteiger partial charge in [0.25, 0.3) is 0 Å². The lowest BCUT2D eigenvalue weighted by Crippen LogP contribution is -2.49. The number of aromatic nitrogens is 2. The van der Waals surface area contributed by atoms with E-state index in [1.807, 2.05) is 30.3 Å². The molecule has 2 aliphatic rings. The average Bonchev–Trinajstić information content (AvgIpc) is 3.39. The highest BCUT2D eigenvalue weighted by atomic mass is 16.5. The molecule has 6 nitrogen and oxygen atoms in total. The lowest BCUT2D eigenvalue weighted by atomic mass is 9.72. The third-order valence-electron chi connectivity index (χ3n) is 7.21. The zero-order chi connectivity index (χ0) is 23.5. The Morgan fingerprint density at radius 3 is 2.65 bits per heavy atom.